The van der Waals surface area contributed by atoms with Crippen LogP contribution >= 0.6 is 0 Å². The topological polar surface area (TPSA) is 57.6 Å². The number of nitrogens with zero attached hydrogens (tertiary/aromatic N) is 1. The third kappa shape index (κ3) is 3.72. The molecule has 0 radical (unpaired) electrons. The molecule has 17 heavy (non-hydrogen) atoms. The van der Waals surface area contributed by atoms with Crippen LogP contribution in [0.1, 0.15) is 52.4 Å². The van der Waals surface area contributed by atoms with Crippen LogP contribution < -0.4 is 0 Å². The summed E-state index contributed by atoms with van der Waals surface area (Å²) in [6.07, 6.45) is 6.31. The zero-order valence-corrected chi connectivity index (χ0v) is 10.9. The Morgan fingerprint density at radius 3 is 2.12 bits per heavy atom. The number of amides is 1. The minimum absolute atomic E-state index is 0.0179. The van der Waals surface area contributed by atoms with Crippen LogP contribution in [0.5, 0.6) is 0 Å². The summed E-state index contributed by atoms with van der Waals surface area (Å²) in [6.45, 7) is 4.12. The SMILES string of the molecule is CCN(CC(=O)O)C(=O)C1(C)CCCCCC1. The normalized spacial score (nSPS) is 19.4. The molecule has 0 aromatic heterocycles. The Hall–Kier alpha value is -1.06. The lowest BCUT2D eigenvalue weighted by atomic mass is 9.81. The number of carboxylic acids is 1. The lowest BCUT2D eigenvalue weighted by Gasteiger charge is -2.32. The number of hydrogen-bond acceptors (Lipinski definition) is 2. The second kappa shape index (κ2) is 6.03. The number of hydrogen-bond donors (Lipinski definition) is 1. The molecule has 1 amide bonds. The van der Waals surface area contributed by atoms with Crippen molar-refractivity contribution in [1.29, 1.82) is 0 Å². The van der Waals surface area contributed by atoms with E-state index in [4.69, 9.17) is 5.11 Å². The molecule has 1 N–H and O–H groups in total. The maximum atomic E-state index is 12.4. The molecule has 1 aliphatic carbocycles. The summed E-state index contributed by atoms with van der Waals surface area (Å²) in [5, 5.41) is 8.81. The quantitative estimate of drug-likeness (QED) is 0.768. The average Bonchev–Trinajstić information content (AvgIpc) is 2.50. The zero-order chi connectivity index (χ0) is 12.9. The molecule has 4 nitrogen and oxygen atoms in total. The van der Waals surface area contributed by atoms with Crippen molar-refractivity contribution in [2.45, 2.75) is 52.4 Å². The molecule has 0 aliphatic heterocycles. The molecule has 98 valence electrons. The van der Waals surface area contributed by atoms with Gasteiger partial charge in [-0.3, -0.25) is 9.59 Å². The maximum Gasteiger partial charge on any atom is 0.323 e. The molecule has 0 bridgehead atoms. The lowest BCUT2D eigenvalue weighted by molar-refractivity contribution is -0.149. The van der Waals surface area contributed by atoms with E-state index in [9.17, 15) is 9.59 Å². The van der Waals surface area contributed by atoms with Gasteiger partial charge in [0.2, 0.25) is 5.91 Å². The first-order chi connectivity index (χ1) is 7.99. The summed E-state index contributed by atoms with van der Waals surface area (Å²) >= 11 is 0. The van der Waals surface area contributed by atoms with Crippen molar-refractivity contribution >= 4 is 11.9 Å². The van der Waals surface area contributed by atoms with Gasteiger partial charge in [-0.15, -0.1) is 0 Å². The number of aliphatic carboxylic acids is 1. The highest BCUT2D eigenvalue weighted by Gasteiger charge is 2.36. The second-order valence-electron chi connectivity index (χ2n) is 5.19. The first-order valence-electron chi connectivity index (χ1n) is 6.51. The molecule has 0 spiro atoms. The molecule has 1 fully saturated rings. The fraction of sp³-hybridized carbons (Fsp3) is 0.846. The lowest BCUT2D eigenvalue weighted by Crippen LogP contribution is -2.44. The van der Waals surface area contributed by atoms with Crippen LogP contribution in [0.2, 0.25) is 0 Å². The molecule has 0 atom stereocenters. The molecule has 1 rings (SSSR count). The molecule has 0 heterocycles. The predicted molar refractivity (Wildman–Crippen MR) is 65.7 cm³/mol. The van der Waals surface area contributed by atoms with Gasteiger partial charge < -0.3 is 10.0 Å². The van der Waals surface area contributed by atoms with Gasteiger partial charge in [-0.25, -0.2) is 0 Å². The van der Waals surface area contributed by atoms with Crippen molar-refractivity contribution < 1.29 is 14.7 Å². The average molecular weight is 241 g/mol. The van der Waals surface area contributed by atoms with Gasteiger partial charge in [0.25, 0.3) is 0 Å². The molecule has 0 unspecified atom stereocenters. The zero-order valence-electron chi connectivity index (χ0n) is 10.9. The Morgan fingerprint density at radius 1 is 1.18 bits per heavy atom. The Labute approximate surface area is 103 Å². The van der Waals surface area contributed by atoms with Crippen molar-refractivity contribution in [2.24, 2.45) is 5.41 Å². The fourth-order valence-electron chi connectivity index (χ4n) is 2.59. The van der Waals surface area contributed by atoms with Gasteiger partial charge in [0.05, 0.1) is 0 Å². The number of carbonyl (C=O) groups excluding carboxylic acids is 1. The van der Waals surface area contributed by atoms with E-state index in [0.29, 0.717) is 6.54 Å². The van der Waals surface area contributed by atoms with E-state index in [1.54, 1.807) is 0 Å². The van der Waals surface area contributed by atoms with Crippen molar-refractivity contribution in [2.75, 3.05) is 13.1 Å². The van der Waals surface area contributed by atoms with E-state index < -0.39 is 5.97 Å². The molecule has 1 aliphatic rings. The van der Waals surface area contributed by atoms with Gasteiger partial charge in [-0.05, 0) is 19.8 Å². The van der Waals surface area contributed by atoms with Gasteiger partial charge in [0.15, 0.2) is 0 Å². The summed E-state index contributed by atoms with van der Waals surface area (Å²) in [7, 11) is 0. The summed E-state index contributed by atoms with van der Waals surface area (Å²) in [4.78, 5) is 24.6. The molecule has 0 aromatic carbocycles. The smallest absolute Gasteiger partial charge is 0.323 e. The largest absolute Gasteiger partial charge is 0.480 e. The first kappa shape index (κ1) is 14.0. The van der Waals surface area contributed by atoms with E-state index in [-0.39, 0.29) is 17.9 Å². The number of rotatable bonds is 4. The minimum Gasteiger partial charge on any atom is -0.480 e. The van der Waals surface area contributed by atoms with E-state index >= 15 is 0 Å². The van der Waals surface area contributed by atoms with Crippen LogP contribution in [0.4, 0.5) is 0 Å². The van der Waals surface area contributed by atoms with Crippen LogP contribution in [0, 0.1) is 5.41 Å². The van der Waals surface area contributed by atoms with Gasteiger partial charge in [0.1, 0.15) is 6.54 Å². The Bertz CT molecular complexity index is 280. The standard InChI is InChI=1S/C13H23NO3/c1-3-14(10-11(15)16)12(17)13(2)8-6-4-5-7-9-13/h3-10H2,1-2H3,(H,15,16). The van der Waals surface area contributed by atoms with Crippen molar-refractivity contribution in [3.63, 3.8) is 0 Å². The predicted octanol–water partition coefficient (Wildman–Crippen LogP) is 2.28. The summed E-state index contributed by atoms with van der Waals surface area (Å²) in [5.74, 6) is -0.915. The highest BCUT2D eigenvalue weighted by molar-refractivity contribution is 5.85. The second-order valence-corrected chi connectivity index (χ2v) is 5.19. The Kier molecular flexibility index (Phi) is 4.97. The van der Waals surface area contributed by atoms with E-state index in [0.717, 1.165) is 25.7 Å². The third-order valence-electron chi connectivity index (χ3n) is 3.72. The van der Waals surface area contributed by atoms with E-state index in [1.165, 1.54) is 17.7 Å². The van der Waals surface area contributed by atoms with Crippen LogP contribution in [-0.2, 0) is 9.59 Å². The van der Waals surface area contributed by atoms with Crippen LogP contribution in [0.15, 0.2) is 0 Å². The van der Waals surface area contributed by atoms with E-state index in [1.807, 2.05) is 13.8 Å². The summed E-state index contributed by atoms with van der Waals surface area (Å²) in [5.41, 5.74) is -0.345. The number of likely N-dealkylation sites (N-methyl/N-ethyl adjacent to an activating group) is 1. The molecule has 0 aromatic rings. The van der Waals surface area contributed by atoms with Crippen LogP contribution in [0.3, 0.4) is 0 Å². The van der Waals surface area contributed by atoms with Crippen molar-refractivity contribution in [3.05, 3.63) is 0 Å². The van der Waals surface area contributed by atoms with Crippen LogP contribution in [-0.4, -0.2) is 35.0 Å². The highest BCUT2D eigenvalue weighted by Crippen LogP contribution is 2.36. The van der Waals surface area contributed by atoms with Gasteiger partial charge in [-0.1, -0.05) is 32.6 Å². The van der Waals surface area contributed by atoms with Crippen LogP contribution in [0.25, 0.3) is 0 Å². The van der Waals surface area contributed by atoms with E-state index in [2.05, 4.69) is 0 Å². The molecule has 1 saturated carbocycles. The van der Waals surface area contributed by atoms with Gasteiger partial charge >= 0.3 is 5.97 Å². The third-order valence-corrected chi connectivity index (χ3v) is 3.72. The first-order valence-corrected chi connectivity index (χ1v) is 6.51. The monoisotopic (exact) mass is 241 g/mol. The summed E-state index contributed by atoms with van der Waals surface area (Å²) < 4.78 is 0. The molecule has 4 heteroatoms. The maximum absolute atomic E-state index is 12.4. The number of carboxylic acid groups (broad SMARTS) is 1. The fourth-order valence-corrected chi connectivity index (χ4v) is 2.59. The minimum atomic E-state index is -0.933. The van der Waals surface area contributed by atoms with Gasteiger partial charge in [-0.2, -0.15) is 0 Å². The van der Waals surface area contributed by atoms with Gasteiger partial charge in [0, 0.05) is 12.0 Å². The van der Waals surface area contributed by atoms with Crippen molar-refractivity contribution in [1.82, 2.24) is 4.90 Å². The van der Waals surface area contributed by atoms with Crippen molar-refractivity contribution in [3.8, 4) is 0 Å². The molecule has 0 saturated heterocycles. The Balaban J connectivity index is 2.73. The summed E-state index contributed by atoms with van der Waals surface area (Å²) in [6, 6.07) is 0. The highest BCUT2D eigenvalue weighted by atomic mass is 16.4. The number of carbonyl (C=O) groups is 2. The Morgan fingerprint density at radius 2 is 1.71 bits per heavy atom. The molecular formula is C13H23NO3. The molecular weight excluding hydrogens is 218 g/mol.